The van der Waals surface area contributed by atoms with Crippen LogP contribution in [0.25, 0.3) is 5.69 Å². The van der Waals surface area contributed by atoms with Gasteiger partial charge in [0.05, 0.1) is 18.5 Å². The zero-order valence-corrected chi connectivity index (χ0v) is 12.9. The van der Waals surface area contributed by atoms with Gasteiger partial charge in [0.15, 0.2) is 0 Å². The van der Waals surface area contributed by atoms with Crippen LogP contribution in [0.1, 0.15) is 29.3 Å². The molecule has 0 radical (unpaired) electrons. The molecule has 2 rings (SSSR count). The van der Waals surface area contributed by atoms with Gasteiger partial charge in [-0.2, -0.15) is 10.4 Å². The number of hydrogen-bond acceptors (Lipinski definition) is 5. The SMILES string of the molecule is CCCN(CCO)C(=O)c1ccc(-n2ncc(C#N)c2N)cc1. The molecule has 0 saturated carbocycles. The summed E-state index contributed by atoms with van der Waals surface area (Å²) in [7, 11) is 0. The van der Waals surface area contributed by atoms with E-state index in [4.69, 9.17) is 16.1 Å². The summed E-state index contributed by atoms with van der Waals surface area (Å²) in [6, 6.07) is 8.78. The lowest BCUT2D eigenvalue weighted by molar-refractivity contribution is 0.0722. The van der Waals surface area contributed by atoms with Crippen molar-refractivity contribution in [3.05, 3.63) is 41.6 Å². The van der Waals surface area contributed by atoms with Crippen molar-refractivity contribution in [3.8, 4) is 11.8 Å². The molecule has 3 N–H and O–H groups in total. The van der Waals surface area contributed by atoms with E-state index in [1.807, 2.05) is 13.0 Å². The number of carbonyl (C=O) groups excluding carboxylic acids is 1. The highest BCUT2D eigenvalue weighted by molar-refractivity contribution is 5.94. The van der Waals surface area contributed by atoms with Crippen LogP contribution in [0.3, 0.4) is 0 Å². The number of rotatable bonds is 6. The lowest BCUT2D eigenvalue weighted by atomic mass is 10.1. The molecule has 0 aliphatic carbocycles. The summed E-state index contributed by atoms with van der Waals surface area (Å²) in [6.07, 6.45) is 2.23. The fraction of sp³-hybridized carbons (Fsp3) is 0.312. The van der Waals surface area contributed by atoms with E-state index in [0.717, 1.165) is 6.42 Å². The summed E-state index contributed by atoms with van der Waals surface area (Å²) in [4.78, 5) is 14.0. The third kappa shape index (κ3) is 3.49. The molecule has 0 fully saturated rings. The second-order valence-corrected chi connectivity index (χ2v) is 5.03. The lowest BCUT2D eigenvalue weighted by Crippen LogP contribution is -2.34. The average molecular weight is 313 g/mol. The van der Waals surface area contributed by atoms with Gasteiger partial charge in [0.2, 0.25) is 0 Å². The molecule has 2 aromatic rings. The van der Waals surface area contributed by atoms with Crippen molar-refractivity contribution in [1.29, 1.82) is 5.26 Å². The zero-order valence-electron chi connectivity index (χ0n) is 12.9. The second kappa shape index (κ2) is 7.42. The molecule has 0 atom stereocenters. The highest BCUT2D eigenvalue weighted by Crippen LogP contribution is 2.17. The van der Waals surface area contributed by atoms with Crippen LogP contribution in [-0.4, -0.2) is 45.4 Å². The largest absolute Gasteiger partial charge is 0.395 e. The minimum absolute atomic E-state index is 0.0649. The minimum Gasteiger partial charge on any atom is -0.395 e. The van der Waals surface area contributed by atoms with Crippen molar-refractivity contribution >= 4 is 11.7 Å². The van der Waals surface area contributed by atoms with Gasteiger partial charge in [-0.3, -0.25) is 4.79 Å². The van der Waals surface area contributed by atoms with Gasteiger partial charge < -0.3 is 15.7 Å². The molecular formula is C16H19N5O2. The summed E-state index contributed by atoms with van der Waals surface area (Å²) in [5.74, 6) is 0.137. The van der Waals surface area contributed by atoms with Gasteiger partial charge in [-0.25, -0.2) is 4.68 Å². The van der Waals surface area contributed by atoms with Crippen LogP contribution in [0.5, 0.6) is 0 Å². The summed E-state index contributed by atoms with van der Waals surface area (Å²) < 4.78 is 1.45. The number of benzene rings is 1. The van der Waals surface area contributed by atoms with E-state index in [2.05, 4.69) is 5.10 Å². The zero-order chi connectivity index (χ0) is 16.8. The van der Waals surface area contributed by atoms with Gasteiger partial charge in [-0.1, -0.05) is 6.92 Å². The van der Waals surface area contributed by atoms with Crippen molar-refractivity contribution in [2.45, 2.75) is 13.3 Å². The van der Waals surface area contributed by atoms with Crippen molar-refractivity contribution < 1.29 is 9.90 Å². The van der Waals surface area contributed by atoms with Crippen LogP contribution in [-0.2, 0) is 0 Å². The highest BCUT2D eigenvalue weighted by Gasteiger charge is 2.15. The Morgan fingerprint density at radius 3 is 2.61 bits per heavy atom. The van der Waals surface area contributed by atoms with Crippen LogP contribution < -0.4 is 5.73 Å². The van der Waals surface area contributed by atoms with Gasteiger partial charge in [-0.05, 0) is 30.7 Å². The van der Waals surface area contributed by atoms with E-state index >= 15 is 0 Å². The second-order valence-electron chi connectivity index (χ2n) is 5.03. The molecule has 120 valence electrons. The van der Waals surface area contributed by atoms with E-state index in [1.54, 1.807) is 29.2 Å². The summed E-state index contributed by atoms with van der Waals surface area (Å²) in [5, 5.41) is 22.0. The first kappa shape index (κ1) is 16.5. The number of aliphatic hydroxyl groups excluding tert-OH is 1. The fourth-order valence-electron chi connectivity index (χ4n) is 2.28. The number of hydrogen-bond donors (Lipinski definition) is 2. The molecule has 1 amide bonds. The number of amides is 1. The molecule has 1 aromatic carbocycles. The molecule has 0 spiro atoms. The first-order valence-corrected chi connectivity index (χ1v) is 7.36. The van der Waals surface area contributed by atoms with E-state index in [1.165, 1.54) is 10.9 Å². The number of nitriles is 1. The quantitative estimate of drug-likeness (QED) is 0.832. The number of anilines is 1. The fourth-order valence-corrected chi connectivity index (χ4v) is 2.28. The van der Waals surface area contributed by atoms with Crippen LogP contribution in [0, 0.1) is 11.3 Å². The molecule has 0 aliphatic heterocycles. The Labute approximate surface area is 134 Å². The predicted octanol–water partition coefficient (Wildman–Crippen LogP) is 1.17. The van der Waals surface area contributed by atoms with Crippen molar-refractivity contribution in [3.63, 3.8) is 0 Å². The first-order valence-electron chi connectivity index (χ1n) is 7.36. The lowest BCUT2D eigenvalue weighted by Gasteiger charge is -2.21. The third-order valence-corrected chi connectivity index (χ3v) is 3.44. The van der Waals surface area contributed by atoms with E-state index in [-0.39, 0.29) is 18.3 Å². The van der Waals surface area contributed by atoms with Gasteiger partial charge in [0.25, 0.3) is 5.91 Å². The molecule has 23 heavy (non-hydrogen) atoms. The normalized spacial score (nSPS) is 10.3. The van der Waals surface area contributed by atoms with Crippen LogP contribution in [0.15, 0.2) is 30.5 Å². The molecule has 0 saturated heterocycles. The average Bonchev–Trinajstić information content (AvgIpc) is 2.95. The van der Waals surface area contributed by atoms with Crippen molar-refractivity contribution in [1.82, 2.24) is 14.7 Å². The Balaban J connectivity index is 2.23. The van der Waals surface area contributed by atoms with Crippen molar-refractivity contribution in [2.24, 2.45) is 0 Å². The van der Waals surface area contributed by atoms with E-state index < -0.39 is 0 Å². The standard InChI is InChI=1S/C16H19N5O2/c1-2-7-20(8-9-22)16(23)12-3-5-14(6-4-12)21-15(18)13(10-17)11-19-21/h3-6,11,22H,2,7-9,18H2,1H3. The number of aliphatic hydroxyl groups is 1. The monoisotopic (exact) mass is 313 g/mol. The molecule has 0 aliphatic rings. The number of nitrogen functional groups attached to an aromatic ring is 1. The molecule has 7 nitrogen and oxygen atoms in total. The molecule has 0 bridgehead atoms. The van der Waals surface area contributed by atoms with Gasteiger partial charge in [0, 0.05) is 18.7 Å². The van der Waals surface area contributed by atoms with Crippen LogP contribution in [0.2, 0.25) is 0 Å². The summed E-state index contributed by atoms with van der Waals surface area (Å²) in [6.45, 7) is 2.82. The van der Waals surface area contributed by atoms with Crippen LogP contribution in [0.4, 0.5) is 5.82 Å². The molecule has 7 heteroatoms. The highest BCUT2D eigenvalue weighted by atomic mass is 16.3. The maximum absolute atomic E-state index is 12.4. The number of aromatic nitrogens is 2. The number of carbonyl (C=O) groups is 1. The maximum Gasteiger partial charge on any atom is 0.253 e. The number of nitrogens with two attached hydrogens (primary N) is 1. The van der Waals surface area contributed by atoms with E-state index in [0.29, 0.717) is 29.9 Å². The Morgan fingerprint density at radius 1 is 1.39 bits per heavy atom. The Bertz CT molecular complexity index is 709. The van der Waals surface area contributed by atoms with Gasteiger partial charge in [0.1, 0.15) is 17.5 Å². The molecule has 1 heterocycles. The molecular weight excluding hydrogens is 294 g/mol. The first-order chi connectivity index (χ1) is 11.1. The Hall–Kier alpha value is -2.85. The van der Waals surface area contributed by atoms with Crippen LogP contribution >= 0.6 is 0 Å². The summed E-state index contributed by atoms with van der Waals surface area (Å²) in [5.41, 5.74) is 7.35. The van der Waals surface area contributed by atoms with E-state index in [9.17, 15) is 4.79 Å². The Kier molecular flexibility index (Phi) is 5.33. The van der Waals surface area contributed by atoms with Gasteiger partial charge in [-0.15, -0.1) is 0 Å². The third-order valence-electron chi connectivity index (χ3n) is 3.44. The number of nitrogens with zero attached hydrogens (tertiary/aromatic N) is 4. The molecule has 1 aromatic heterocycles. The Morgan fingerprint density at radius 2 is 2.09 bits per heavy atom. The predicted molar refractivity (Wildman–Crippen MR) is 86.0 cm³/mol. The summed E-state index contributed by atoms with van der Waals surface area (Å²) >= 11 is 0. The maximum atomic E-state index is 12.4. The minimum atomic E-state index is -0.126. The topological polar surface area (TPSA) is 108 Å². The van der Waals surface area contributed by atoms with Gasteiger partial charge >= 0.3 is 0 Å². The smallest absolute Gasteiger partial charge is 0.253 e. The van der Waals surface area contributed by atoms with Crippen molar-refractivity contribution in [2.75, 3.05) is 25.4 Å². The molecule has 0 unspecified atom stereocenters.